The molecule has 0 radical (unpaired) electrons. The average molecular weight is 217 g/mol. The first-order valence-electron chi connectivity index (χ1n) is 5.47. The van der Waals surface area contributed by atoms with E-state index in [1.165, 1.54) is 0 Å². The first-order valence-corrected chi connectivity index (χ1v) is 5.47. The van der Waals surface area contributed by atoms with Gasteiger partial charge >= 0.3 is 5.97 Å². The van der Waals surface area contributed by atoms with Crippen molar-refractivity contribution in [1.82, 2.24) is 4.90 Å². The molecule has 0 aromatic carbocycles. The predicted octanol–water partition coefficient (Wildman–Crippen LogP) is 2.35. The summed E-state index contributed by atoms with van der Waals surface area (Å²) in [4.78, 5) is 13.7. The number of rotatable bonds is 2. The van der Waals surface area contributed by atoms with Crippen LogP contribution in [0.3, 0.4) is 0 Å². The highest BCUT2D eigenvalue weighted by atomic mass is 16.5. The molecule has 0 fully saturated rings. The first-order chi connectivity index (χ1) is 7.72. The van der Waals surface area contributed by atoms with Crippen molar-refractivity contribution in [3.8, 4) is 0 Å². The zero-order valence-corrected chi connectivity index (χ0v) is 9.51. The Labute approximate surface area is 95.4 Å². The zero-order valence-electron chi connectivity index (χ0n) is 9.51. The maximum absolute atomic E-state index is 11.7. The number of hydrogen-bond donors (Lipinski definition) is 0. The summed E-state index contributed by atoms with van der Waals surface area (Å²) in [5.74, 6) is 0.0844. The summed E-state index contributed by atoms with van der Waals surface area (Å²) in [6.07, 6.45) is 11.7. The second-order valence-corrected chi connectivity index (χ2v) is 3.80. The zero-order chi connectivity index (χ0) is 11.5. The molecule has 2 aliphatic heterocycles. The number of carbonyl (C=O) groups is 1. The molecule has 16 heavy (non-hydrogen) atoms. The van der Waals surface area contributed by atoms with E-state index < -0.39 is 0 Å². The fourth-order valence-electron chi connectivity index (χ4n) is 1.76. The van der Waals surface area contributed by atoms with Gasteiger partial charge in [0.25, 0.3) is 0 Å². The standard InChI is InChI=1S/C13H15NO2/c1-3-16-13(15)11-5-4-7-14-8-6-10(2)9-12(11)14/h4-10H,3H2,1-2H3. The summed E-state index contributed by atoms with van der Waals surface area (Å²) in [5, 5.41) is 0. The molecule has 2 aliphatic rings. The molecular formula is C13H15NO2. The van der Waals surface area contributed by atoms with Crippen molar-refractivity contribution in [1.29, 1.82) is 0 Å². The second kappa shape index (κ2) is 4.39. The predicted molar refractivity (Wildman–Crippen MR) is 62.1 cm³/mol. The van der Waals surface area contributed by atoms with Crippen LogP contribution in [0.1, 0.15) is 13.8 Å². The van der Waals surface area contributed by atoms with Crippen LogP contribution in [-0.4, -0.2) is 17.5 Å². The van der Waals surface area contributed by atoms with Crippen molar-refractivity contribution >= 4 is 5.97 Å². The molecule has 0 N–H and O–H groups in total. The summed E-state index contributed by atoms with van der Waals surface area (Å²) in [7, 11) is 0. The molecule has 0 saturated carbocycles. The molecule has 0 aromatic heterocycles. The van der Waals surface area contributed by atoms with Crippen molar-refractivity contribution < 1.29 is 9.53 Å². The van der Waals surface area contributed by atoms with Gasteiger partial charge in [-0.3, -0.25) is 0 Å². The Balaban J connectivity index is 2.28. The number of fused-ring (bicyclic) bond motifs is 1. The molecule has 1 unspecified atom stereocenters. The number of carbonyl (C=O) groups excluding carboxylic acids is 1. The number of allylic oxidation sites excluding steroid dienone is 4. The van der Waals surface area contributed by atoms with Crippen LogP contribution in [0, 0.1) is 5.92 Å². The third-order valence-corrected chi connectivity index (χ3v) is 2.53. The van der Waals surface area contributed by atoms with Gasteiger partial charge in [0.15, 0.2) is 0 Å². The van der Waals surface area contributed by atoms with Crippen molar-refractivity contribution in [2.24, 2.45) is 5.92 Å². The summed E-state index contributed by atoms with van der Waals surface area (Å²) in [5.41, 5.74) is 1.54. The van der Waals surface area contributed by atoms with E-state index >= 15 is 0 Å². The van der Waals surface area contributed by atoms with E-state index in [-0.39, 0.29) is 5.97 Å². The highest BCUT2D eigenvalue weighted by Crippen LogP contribution is 2.27. The van der Waals surface area contributed by atoms with Crippen LogP contribution in [0.25, 0.3) is 0 Å². The highest BCUT2D eigenvalue weighted by Gasteiger charge is 2.23. The Morgan fingerprint density at radius 2 is 2.31 bits per heavy atom. The quantitative estimate of drug-likeness (QED) is 0.665. The largest absolute Gasteiger partial charge is 0.462 e. The number of ether oxygens (including phenoxy) is 1. The summed E-state index contributed by atoms with van der Waals surface area (Å²) < 4.78 is 5.03. The number of esters is 1. The second-order valence-electron chi connectivity index (χ2n) is 3.80. The summed E-state index contributed by atoms with van der Waals surface area (Å²) in [6, 6.07) is 0. The van der Waals surface area contributed by atoms with Gasteiger partial charge in [-0.1, -0.05) is 19.1 Å². The van der Waals surface area contributed by atoms with Gasteiger partial charge in [-0.25, -0.2) is 4.79 Å². The Morgan fingerprint density at radius 1 is 1.50 bits per heavy atom. The van der Waals surface area contributed by atoms with E-state index in [1.807, 2.05) is 30.3 Å². The lowest BCUT2D eigenvalue weighted by Crippen LogP contribution is -2.23. The minimum absolute atomic E-state index is 0.259. The van der Waals surface area contributed by atoms with Gasteiger partial charge in [0.05, 0.1) is 17.9 Å². The minimum Gasteiger partial charge on any atom is -0.462 e. The molecule has 3 heteroatoms. The average Bonchev–Trinajstić information content (AvgIpc) is 2.28. The smallest absolute Gasteiger partial charge is 0.340 e. The topological polar surface area (TPSA) is 29.5 Å². The molecule has 0 saturated heterocycles. The molecule has 0 aromatic rings. The Hall–Kier alpha value is -1.77. The van der Waals surface area contributed by atoms with Crippen LogP contribution in [0.4, 0.5) is 0 Å². The Morgan fingerprint density at radius 3 is 3.06 bits per heavy atom. The molecule has 0 bridgehead atoms. The summed E-state index contributed by atoms with van der Waals surface area (Å²) in [6.45, 7) is 4.30. The highest BCUT2D eigenvalue weighted by molar-refractivity contribution is 5.94. The van der Waals surface area contributed by atoms with Crippen LogP contribution in [0.15, 0.2) is 48.0 Å². The van der Waals surface area contributed by atoms with Crippen LogP contribution < -0.4 is 0 Å². The van der Waals surface area contributed by atoms with E-state index in [0.717, 1.165) is 5.70 Å². The molecule has 0 aliphatic carbocycles. The molecule has 0 spiro atoms. The van der Waals surface area contributed by atoms with E-state index in [9.17, 15) is 4.79 Å². The van der Waals surface area contributed by atoms with Crippen molar-refractivity contribution in [2.45, 2.75) is 13.8 Å². The van der Waals surface area contributed by atoms with Crippen LogP contribution >= 0.6 is 0 Å². The molecule has 2 rings (SSSR count). The van der Waals surface area contributed by atoms with E-state index in [4.69, 9.17) is 4.74 Å². The van der Waals surface area contributed by atoms with Gasteiger partial charge in [0, 0.05) is 12.4 Å². The number of nitrogens with zero attached hydrogens (tertiary/aromatic N) is 1. The lowest BCUT2D eigenvalue weighted by Gasteiger charge is -2.27. The van der Waals surface area contributed by atoms with Crippen LogP contribution in [0.2, 0.25) is 0 Å². The number of hydrogen-bond acceptors (Lipinski definition) is 3. The molecule has 0 amide bonds. The van der Waals surface area contributed by atoms with Gasteiger partial charge in [0.2, 0.25) is 0 Å². The molecule has 3 nitrogen and oxygen atoms in total. The molecule has 1 atom stereocenters. The van der Waals surface area contributed by atoms with Gasteiger partial charge in [0.1, 0.15) is 0 Å². The third kappa shape index (κ3) is 1.94. The van der Waals surface area contributed by atoms with E-state index in [1.54, 1.807) is 6.08 Å². The van der Waals surface area contributed by atoms with Gasteiger partial charge in [-0.2, -0.15) is 0 Å². The fraction of sp³-hybridized carbons (Fsp3) is 0.308. The lowest BCUT2D eigenvalue weighted by molar-refractivity contribution is -0.138. The normalized spacial score (nSPS) is 22.4. The fourth-order valence-corrected chi connectivity index (χ4v) is 1.76. The van der Waals surface area contributed by atoms with E-state index in [2.05, 4.69) is 19.1 Å². The lowest BCUT2D eigenvalue weighted by atomic mass is 10.0. The van der Waals surface area contributed by atoms with Gasteiger partial charge in [-0.05, 0) is 25.0 Å². The van der Waals surface area contributed by atoms with Crippen molar-refractivity contribution in [3.63, 3.8) is 0 Å². The summed E-state index contributed by atoms with van der Waals surface area (Å²) >= 11 is 0. The molecule has 84 valence electrons. The Bertz CT molecular complexity index is 416. The first kappa shape index (κ1) is 10.7. The van der Waals surface area contributed by atoms with E-state index in [0.29, 0.717) is 18.1 Å². The van der Waals surface area contributed by atoms with Gasteiger partial charge < -0.3 is 9.64 Å². The van der Waals surface area contributed by atoms with Crippen LogP contribution in [-0.2, 0) is 9.53 Å². The van der Waals surface area contributed by atoms with Crippen molar-refractivity contribution in [2.75, 3.05) is 6.61 Å². The molecular weight excluding hydrogens is 202 g/mol. The monoisotopic (exact) mass is 217 g/mol. The maximum Gasteiger partial charge on any atom is 0.340 e. The minimum atomic E-state index is -0.259. The third-order valence-electron chi connectivity index (χ3n) is 2.53. The Kier molecular flexibility index (Phi) is 2.95. The maximum atomic E-state index is 11.7. The molecule has 2 heterocycles. The van der Waals surface area contributed by atoms with Gasteiger partial charge in [-0.15, -0.1) is 0 Å². The van der Waals surface area contributed by atoms with Crippen molar-refractivity contribution in [3.05, 3.63) is 48.0 Å². The SMILES string of the molecule is CCOC(=O)C1=CC=CN2C=CC(C)C=C12. The van der Waals surface area contributed by atoms with Crippen LogP contribution in [0.5, 0.6) is 0 Å².